The van der Waals surface area contributed by atoms with Crippen LogP contribution in [0, 0.1) is 5.92 Å². The second-order valence-corrected chi connectivity index (χ2v) is 13.0. The number of aliphatic hydroxyl groups is 1. The van der Waals surface area contributed by atoms with E-state index in [2.05, 4.69) is 22.8 Å². The van der Waals surface area contributed by atoms with Crippen LogP contribution in [0.5, 0.6) is 0 Å². The van der Waals surface area contributed by atoms with Crippen molar-refractivity contribution in [1.82, 2.24) is 15.5 Å². The third kappa shape index (κ3) is 8.20. The Bertz CT molecular complexity index is 1630. The van der Waals surface area contributed by atoms with Crippen molar-refractivity contribution in [2.45, 2.75) is 62.6 Å². The van der Waals surface area contributed by atoms with E-state index in [1.807, 2.05) is 66.7 Å². The van der Waals surface area contributed by atoms with Crippen molar-refractivity contribution in [2.75, 3.05) is 26.4 Å². The summed E-state index contributed by atoms with van der Waals surface area (Å²) in [5, 5.41) is 15.5. The lowest BCUT2D eigenvalue weighted by molar-refractivity contribution is -0.150. The highest BCUT2D eigenvalue weighted by molar-refractivity contribution is 5.87. The molecule has 3 aromatic carbocycles. The molecule has 2 aliphatic heterocycles. The number of rotatable bonds is 9. The van der Waals surface area contributed by atoms with E-state index in [9.17, 15) is 24.3 Å². The number of aliphatic hydroxyl groups excluding tert-OH is 1. The van der Waals surface area contributed by atoms with E-state index in [4.69, 9.17) is 9.47 Å². The van der Waals surface area contributed by atoms with Crippen LogP contribution in [0.15, 0.2) is 91.0 Å². The van der Waals surface area contributed by atoms with Crippen molar-refractivity contribution in [3.63, 3.8) is 0 Å². The van der Waals surface area contributed by atoms with E-state index >= 15 is 0 Å². The number of nitrogens with zero attached hydrogens (tertiary/aromatic N) is 1. The van der Waals surface area contributed by atoms with Gasteiger partial charge in [0.25, 0.3) is 0 Å². The number of cyclic esters (lactones) is 1. The number of esters is 1. The van der Waals surface area contributed by atoms with Gasteiger partial charge in [-0.15, -0.1) is 0 Å². The number of benzene rings is 3. The molecule has 3 N–H and O–H groups in total. The number of allylic oxidation sites excluding steroid dienone is 1. The molecule has 10 heteroatoms. The fourth-order valence-electron chi connectivity index (χ4n) is 7.14. The molecule has 0 unspecified atom stereocenters. The molecule has 3 aliphatic rings. The lowest BCUT2D eigenvalue weighted by atomic mass is 9.97. The average Bonchev–Trinajstić information content (AvgIpc) is 3.72. The summed E-state index contributed by atoms with van der Waals surface area (Å²) in [6.45, 7) is 0.400. The quantitative estimate of drug-likeness (QED) is 0.226. The molecule has 2 heterocycles. The first-order chi connectivity index (χ1) is 23.9. The maximum absolute atomic E-state index is 13.7. The van der Waals surface area contributed by atoms with Gasteiger partial charge in [0.2, 0.25) is 11.8 Å². The van der Waals surface area contributed by atoms with Gasteiger partial charge >= 0.3 is 12.1 Å². The highest BCUT2D eigenvalue weighted by atomic mass is 16.6. The Kier molecular flexibility index (Phi) is 11.0. The van der Waals surface area contributed by atoms with Crippen molar-refractivity contribution < 1.29 is 33.8 Å². The molecule has 10 nitrogen and oxygen atoms in total. The molecule has 256 valence electrons. The Morgan fingerprint density at radius 2 is 1.59 bits per heavy atom. The first-order valence-corrected chi connectivity index (χ1v) is 17.1. The van der Waals surface area contributed by atoms with Crippen molar-refractivity contribution in [2.24, 2.45) is 5.92 Å². The molecular formula is C39H43N3O7. The molecule has 3 aromatic rings. The number of nitrogens with one attached hydrogen (secondary N) is 2. The molecule has 6 rings (SSSR count). The standard InChI is InChI=1S/C39H43N3O7/c43-23-28(21-26-11-2-1-3-12-26)40-36(44)22-27-13-4-9-19-35(38(46)48-24-29-14-10-20-42(29)37(27)45)41-39(47)49-25-34-32-17-7-5-15-30(32)31-16-6-8-18-33(31)34/h1-9,11-12,15-18,27-29,34-35,43H,10,13-14,19-25H2,(H,40,44)(H,41,47)/b9-4-/t27-,28+,29+,35-/m0/s1. The summed E-state index contributed by atoms with van der Waals surface area (Å²) >= 11 is 0. The maximum Gasteiger partial charge on any atom is 0.407 e. The fourth-order valence-corrected chi connectivity index (χ4v) is 7.14. The monoisotopic (exact) mass is 665 g/mol. The van der Waals surface area contributed by atoms with Crippen LogP contribution in [-0.2, 0) is 30.3 Å². The van der Waals surface area contributed by atoms with E-state index in [0.29, 0.717) is 19.4 Å². The summed E-state index contributed by atoms with van der Waals surface area (Å²) in [5.74, 6) is -1.81. The third-order valence-corrected chi connectivity index (χ3v) is 9.65. The summed E-state index contributed by atoms with van der Waals surface area (Å²) in [7, 11) is 0. The third-order valence-electron chi connectivity index (χ3n) is 9.65. The summed E-state index contributed by atoms with van der Waals surface area (Å²) in [5.41, 5.74) is 5.41. The predicted octanol–water partition coefficient (Wildman–Crippen LogP) is 4.50. The molecular weight excluding hydrogens is 622 g/mol. The summed E-state index contributed by atoms with van der Waals surface area (Å²) in [6, 6.07) is 24.0. The molecule has 1 aliphatic carbocycles. The minimum absolute atomic E-state index is 0.000262. The highest BCUT2D eigenvalue weighted by Gasteiger charge is 2.36. The Morgan fingerprint density at radius 3 is 2.31 bits per heavy atom. The molecule has 1 saturated heterocycles. The largest absolute Gasteiger partial charge is 0.462 e. The van der Waals surface area contributed by atoms with Crippen LogP contribution >= 0.6 is 0 Å². The number of carbonyl (C=O) groups is 4. The number of hydrogen-bond donors (Lipinski definition) is 3. The van der Waals surface area contributed by atoms with Crippen LogP contribution in [0.25, 0.3) is 11.1 Å². The van der Waals surface area contributed by atoms with Crippen LogP contribution < -0.4 is 10.6 Å². The lowest BCUT2D eigenvalue weighted by Crippen LogP contribution is -2.46. The Balaban J connectivity index is 1.09. The van der Waals surface area contributed by atoms with Gasteiger partial charge in [0.05, 0.1) is 24.6 Å². The normalized spacial score (nSPS) is 22.0. The van der Waals surface area contributed by atoms with Crippen LogP contribution in [0.1, 0.15) is 54.7 Å². The minimum Gasteiger partial charge on any atom is -0.462 e. The number of fused-ring (bicyclic) bond motifs is 4. The van der Waals surface area contributed by atoms with Crippen LogP contribution in [-0.4, -0.2) is 78.4 Å². The smallest absolute Gasteiger partial charge is 0.407 e. The molecule has 4 atom stereocenters. The Hall–Kier alpha value is -4.96. The lowest BCUT2D eigenvalue weighted by Gasteiger charge is -2.29. The van der Waals surface area contributed by atoms with E-state index in [-0.39, 0.29) is 62.9 Å². The topological polar surface area (TPSA) is 134 Å². The average molecular weight is 666 g/mol. The zero-order chi connectivity index (χ0) is 34.2. The van der Waals surface area contributed by atoms with Crippen molar-refractivity contribution in [1.29, 1.82) is 0 Å². The van der Waals surface area contributed by atoms with Crippen LogP contribution in [0.2, 0.25) is 0 Å². The zero-order valence-electron chi connectivity index (χ0n) is 27.5. The molecule has 0 aromatic heterocycles. The number of alkyl carbamates (subject to hydrolysis) is 1. The fraction of sp³-hybridized carbons (Fsp3) is 0.385. The van der Waals surface area contributed by atoms with Gasteiger partial charge in [-0.2, -0.15) is 0 Å². The molecule has 0 radical (unpaired) electrons. The minimum atomic E-state index is -0.984. The van der Waals surface area contributed by atoms with Crippen molar-refractivity contribution >= 4 is 23.9 Å². The van der Waals surface area contributed by atoms with Gasteiger partial charge in [-0.3, -0.25) is 9.59 Å². The number of carbonyl (C=O) groups excluding carboxylic acids is 4. The van der Waals surface area contributed by atoms with Gasteiger partial charge in [0.15, 0.2) is 0 Å². The van der Waals surface area contributed by atoms with Gasteiger partial charge in [0.1, 0.15) is 19.3 Å². The van der Waals surface area contributed by atoms with Crippen molar-refractivity contribution in [3.8, 4) is 11.1 Å². The predicted molar refractivity (Wildman–Crippen MR) is 183 cm³/mol. The molecule has 0 saturated carbocycles. The van der Waals surface area contributed by atoms with Gasteiger partial charge < -0.3 is 30.1 Å². The van der Waals surface area contributed by atoms with Gasteiger partial charge in [-0.25, -0.2) is 9.59 Å². The van der Waals surface area contributed by atoms with E-state index in [1.54, 1.807) is 17.1 Å². The summed E-state index contributed by atoms with van der Waals surface area (Å²) in [6.07, 6.45) is 5.05. The maximum atomic E-state index is 13.7. The SMILES string of the molecule is O=C(C[C@@H]1C/C=C\C[C@H](NC(=O)OCC2c3ccccc3-c3ccccc32)C(=O)OC[C@H]2CCCN2C1=O)N[C@@H](CO)Cc1ccccc1. The highest BCUT2D eigenvalue weighted by Crippen LogP contribution is 2.44. The second kappa shape index (κ2) is 16.0. The van der Waals surface area contributed by atoms with Crippen molar-refractivity contribution in [3.05, 3.63) is 108 Å². The summed E-state index contributed by atoms with van der Waals surface area (Å²) in [4.78, 5) is 54.8. The molecule has 0 bridgehead atoms. The van der Waals surface area contributed by atoms with E-state index < -0.39 is 30.1 Å². The number of ether oxygens (including phenoxy) is 2. The number of amides is 3. The van der Waals surface area contributed by atoms with Gasteiger partial charge in [0, 0.05) is 18.9 Å². The Morgan fingerprint density at radius 1 is 0.918 bits per heavy atom. The van der Waals surface area contributed by atoms with E-state index in [1.165, 1.54) is 0 Å². The zero-order valence-corrected chi connectivity index (χ0v) is 27.5. The Labute approximate surface area is 286 Å². The summed E-state index contributed by atoms with van der Waals surface area (Å²) < 4.78 is 11.3. The molecule has 3 amide bonds. The first kappa shape index (κ1) is 33.9. The van der Waals surface area contributed by atoms with Gasteiger partial charge in [-0.05, 0) is 59.9 Å². The molecule has 49 heavy (non-hydrogen) atoms. The molecule has 1 fully saturated rings. The number of hydrogen-bond acceptors (Lipinski definition) is 7. The van der Waals surface area contributed by atoms with Crippen LogP contribution in [0.4, 0.5) is 4.79 Å². The molecule has 0 spiro atoms. The van der Waals surface area contributed by atoms with Crippen LogP contribution in [0.3, 0.4) is 0 Å². The van der Waals surface area contributed by atoms with Gasteiger partial charge in [-0.1, -0.05) is 91.0 Å². The van der Waals surface area contributed by atoms with E-state index in [0.717, 1.165) is 34.2 Å². The second-order valence-electron chi connectivity index (χ2n) is 13.0. The first-order valence-electron chi connectivity index (χ1n) is 17.1.